The minimum Gasteiger partial charge on any atom is -0.332 e. The van der Waals surface area contributed by atoms with Gasteiger partial charge < -0.3 is 5.32 Å². The maximum absolute atomic E-state index is 12.3. The number of nitrogens with one attached hydrogen (secondary N) is 2. The van der Waals surface area contributed by atoms with Crippen LogP contribution >= 0.6 is 46.1 Å². The zero-order valence-electron chi connectivity index (χ0n) is 16.4. The number of hydrazone groups is 1. The second kappa shape index (κ2) is 10.1. The molecule has 0 aliphatic carbocycles. The number of benzene rings is 3. The van der Waals surface area contributed by atoms with Crippen LogP contribution in [0.3, 0.4) is 0 Å². The molecule has 2 N–H and O–H groups in total. The van der Waals surface area contributed by atoms with E-state index in [0.29, 0.717) is 26.2 Å². The maximum atomic E-state index is 12.3. The molecule has 0 atom stereocenters. The van der Waals surface area contributed by atoms with Crippen molar-refractivity contribution in [2.45, 2.75) is 0 Å². The molecule has 0 bridgehead atoms. The lowest BCUT2D eigenvalue weighted by Gasteiger charge is -2.03. The highest BCUT2D eigenvalue weighted by atomic mass is 35.5. The van der Waals surface area contributed by atoms with Crippen LogP contribution in [-0.4, -0.2) is 17.1 Å². The zero-order valence-corrected chi connectivity index (χ0v) is 19.4. The van der Waals surface area contributed by atoms with Crippen LogP contribution in [0.15, 0.2) is 77.2 Å². The van der Waals surface area contributed by atoms with Crippen LogP contribution in [0.5, 0.6) is 0 Å². The summed E-state index contributed by atoms with van der Waals surface area (Å²) in [5, 5.41) is 11.6. The van der Waals surface area contributed by atoms with Gasteiger partial charge in [-0.1, -0.05) is 53.0 Å². The third kappa shape index (κ3) is 5.66. The minimum atomic E-state index is -0.332. The van der Waals surface area contributed by atoms with E-state index in [-0.39, 0.29) is 5.91 Å². The third-order valence-corrected chi connectivity index (χ3v) is 5.95. The summed E-state index contributed by atoms with van der Waals surface area (Å²) in [5.74, 6) is -0.332. The molecule has 0 saturated carbocycles. The quantitative estimate of drug-likeness (QED) is 0.215. The Kier molecular flexibility index (Phi) is 7.07. The van der Waals surface area contributed by atoms with Crippen molar-refractivity contribution >= 4 is 69.1 Å². The summed E-state index contributed by atoms with van der Waals surface area (Å²) < 4.78 is 0. The van der Waals surface area contributed by atoms with E-state index in [1.807, 2.05) is 41.8 Å². The molecule has 1 amide bonds. The van der Waals surface area contributed by atoms with Crippen LogP contribution in [0, 0.1) is 0 Å². The van der Waals surface area contributed by atoms with Gasteiger partial charge in [-0.25, -0.2) is 10.4 Å². The number of hydrogen-bond donors (Lipinski definition) is 2. The highest BCUT2D eigenvalue weighted by molar-refractivity contribution is 7.14. The Hall–Kier alpha value is -2.90. The van der Waals surface area contributed by atoms with Crippen molar-refractivity contribution in [2.75, 3.05) is 5.32 Å². The normalized spacial score (nSPS) is 11.0. The summed E-state index contributed by atoms with van der Waals surface area (Å²) in [6.45, 7) is 0. The molecule has 160 valence electrons. The Balaban J connectivity index is 1.38. The average Bonchev–Trinajstić information content (AvgIpc) is 3.25. The molecule has 3 aromatic carbocycles. The van der Waals surface area contributed by atoms with Gasteiger partial charge in [-0.2, -0.15) is 5.10 Å². The number of anilines is 2. The van der Waals surface area contributed by atoms with Gasteiger partial charge in [0.25, 0.3) is 5.91 Å². The second-order valence-electron chi connectivity index (χ2n) is 6.61. The van der Waals surface area contributed by atoms with Crippen molar-refractivity contribution < 1.29 is 4.79 Å². The van der Waals surface area contributed by atoms with Crippen LogP contribution < -0.4 is 10.7 Å². The number of amides is 1. The molecular weight excluding hydrogens is 487 g/mol. The van der Waals surface area contributed by atoms with Crippen molar-refractivity contribution in [1.29, 1.82) is 0 Å². The predicted octanol–water partition coefficient (Wildman–Crippen LogP) is 7.28. The lowest BCUT2D eigenvalue weighted by Crippen LogP contribution is -2.17. The largest absolute Gasteiger partial charge is 0.332 e. The van der Waals surface area contributed by atoms with Gasteiger partial charge in [0, 0.05) is 37.8 Å². The van der Waals surface area contributed by atoms with Crippen molar-refractivity contribution in [3.63, 3.8) is 0 Å². The summed E-state index contributed by atoms with van der Waals surface area (Å²) in [6, 6.07) is 19.6. The van der Waals surface area contributed by atoms with E-state index in [0.717, 1.165) is 22.1 Å². The van der Waals surface area contributed by atoms with Gasteiger partial charge in [-0.15, -0.1) is 11.3 Å². The van der Waals surface area contributed by atoms with Crippen molar-refractivity contribution in [1.82, 2.24) is 10.4 Å². The van der Waals surface area contributed by atoms with Crippen LogP contribution in [0.1, 0.15) is 15.9 Å². The van der Waals surface area contributed by atoms with Gasteiger partial charge >= 0.3 is 0 Å². The number of nitrogens with zero attached hydrogens (tertiary/aromatic N) is 2. The fraction of sp³-hybridized carbons (Fsp3) is 0. The smallest absolute Gasteiger partial charge is 0.271 e. The van der Waals surface area contributed by atoms with Gasteiger partial charge in [0.2, 0.25) is 0 Å². The maximum Gasteiger partial charge on any atom is 0.271 e. The van der Waals surface area contributed by atoms with E-state index in [1.165, 1.54) is 17.6 Å². The van der Waals surface area contributed by atoms with Crippen LogP contribution in [0.4, 0.5) is 10.8 Å². The number of carbonyl (C=O) groups is 1. The Labute approximate surface area is 203 Å². The SMILES string of the molecule is O=C(N/N=C\c1ccc(Cl)cc1Cl)c1ccc(-c2csc(Nc3ccc(Cl)cc3)n2)cc1. The Bertz CT molecular complexity index is 1270. The van der Waals surface area contributed by atoms with Gasteiger partial charge in [0.05, 0.1) is 16.9 Å². The molecule has 1 aromatic heterocycles. The molecule has 0 aliphatic heterocycles. The van der Waals surface area contributed by atoms with Gasteiger partial charge in [-0.3, -0.25) is 4.79 Å². The van der Waals surface area contributed by atoms with E-state index in [2.05, 4.69) is 20.8 Å². The number of thiazole rings is 1. The topological polar surface area (TPSA) is 66.4 Å². The van der Waals surface area contributed by atoms with Gasteiger partial charge in [0.1, 0.15) is 0 Å². The molecule has 0 aliphatic rings. The monoisotopic (exact) mass is 500 g/mol. The molecule has 0 spiro atoms. The fourth-order valence-electron chi connectivity index (χ4n) is 2.74. The number of halogens is 3. The van der Waals surface area contributed by atoms with Crippen LogP contribution in [-0.2, 0) is 0 Å². The summed E-state index contributed by atoms with van der Waals surface area (Å²) >= 11 is 19.4. The van der Waals surface area contributed by atoms with Crippen LogP contribution in [0.2, 0.25) is 15.1 Å². The van der Waals surface area contributed by atoms with Crippen molar-refractivity contribution in [3.05, 3.63) is 98.3 Å². The van der Waals surface area contributed by atoms with E-state index in [1.54, 1.807) is 30.3 Å². The molecule has 0 radical (unpaired) electrons. The molecule has 9 heteroatoms. The van der Waals surface area contributed by atoms with Gasteiger partial charge in [-0.05, 0) is 48.5 Å². The molecular formula is C23H15Cl3N4OS. The molecule has 4 rings (SSSR count). The lowest BCUT2D eigenvalue weighted by atomic mass is 10.1. The predicted molar refractivity (Wildman–Crippen MR) is 134 cm³/mol. The Morgan fingerprint density at radius 1 is 0.938 bits per heavy atom. The van der Waals surface area contributed by atoms with Gasteiger partial charge in [0.15, 0.2) is 5.13 Å². The van der Waals surface area contributed by atoms with E-state index in [4.69, 9.17) is 34.8 Å². The molecule has 5 nitrogen and oxygen atoms in total. The highest BCUT2D eigenvalue weighted by Gasteiger charge is 2.08. The fourth-order valence-corrected chi connectivity index (χ4v) is 4.07. The van der Waals surface area contributed by atoms with Crippen molar-refractivity contribution in [2.24, 2.45) is 5.10 Å². The summed E-state index contributed by atoms with van der Waals surface area (Å²) in [4.78, 5) is 16.9. The standard InChI is InChI=1S/C23H15Cl3N4OS/c24-17-7-9-19(10-8-17)28-23-29-21(13-32-23)14-1-3-15(4-2-14)22(31)30-27-12-16-5-6-18(25)11-20(16)26/h1-13H,(H,28,29)(H,30,31)/b27-12-. The first kappa shape index (κ1) is 22.3. The van der Waals surface area contributed by atoms with E-state index >= 15 is 0 Å². The molecule has 1 heterocycles. The first-order valence-electron chi connectivity index (χ1n) is 9.35. The summed E-state index contributed by atoms with van der Waals surface area (Å²) in [7, 11) is 0. The number of carbonyl (C=O) groups excluding carboxylic acids is 1. The first-order valence-corrected chi connectivity index (χ1v) is 11.4. The minimum absolute atomic E-state index is 0.332. The van der Waals surface area contributed by atoms with E-state index in [9.17, 15) is 4.79 Å². The first-order chi connectivity index (χ1) is 15.5. The molecule has 4 aromatic rings. The third-order valence-electron chi connectivity index (χ3n) is 4.37. The van der Waals surface area contributed by atoms with Crippen LogP contribution in [0.25, 0.3) is 11.3 Å². The molecule has 0 unspecified atom stereocenters. The lowest BCUT2D eigenvalue weighted by molar-refractivity contribution is 0.0955. The number of rotatable bonds is 6. The number of aromatic nitrogens is 1. The highest BCUT2D eigenvalue weighted by Crippen LogP contribution is 2.28. The summed E-state index contributed by atoms with van der Waals surface area (Å²) in [6.07, 6.45) is 1.47. The molecule has 0 fully saturated rings. The average molecular weight is 502 g/mol. The van der Waals surface area contributed by atoms with E-state index < -0.39 is 0 Å². The zero-order chi connectivity index (χ0) is 22.5. The molecule has 0 saturated heterocycles. The molecule has 32 heavy (non-hydrogen) atoms. The van der Waals surface area contributed by atoms with Crippen molar-refractivity contribution in [3.8, 4) is 11.3 Å². The Morgan fingerprint density at radius 3 is 2.38 bits per heavy atom. The second-order valence-corrected chi connectivity index (χ2v) is 8.75. The Morgan fingerprint density at radius 2 is 1.66 bits per heavy atom. The number of hydrogen-bond acceptors (Lipinski definition) is 5. The summed E-state index contributed by atoms with van der Waals surface area (Å²) in [5.41, 5.74) is 6.24.